The Labute approximate surface area is 127 Å². The van der Waals surface area contributed by atoms with Crippen LogP contribution in [0.2, 0.25) is 0 Å². The third-order valence-corrected chi connectivity index (χ3v) is 3.64. The van der Waals surface area contributed by atoms with Crippen LogP contribution in [0, 0.1) is 0 Å². The topological polar surface area (TPSA) is 42.0 Å². The van der Waals surface area contributed by atoms with Crippen LogP contribution in [-0.4, -0.2) is 10.9 Å². The van der Waals surface area contributed by atoms with Crippen LogP contribution >= 0.6 is 15.9 Å². The van der Waals surface area contributed by atoms with Gasteiger partial charge in [0, 0.05) is 16.9 Å². The number of aromatic nitrogens is 1. The lowest BCUT2D eigenvalue weighted by atomic mass is 10.0. The Balaban J connectivity index is 2.06. The third kappa shape index (κ3) is 3.67. The molecule has 1 N–H and O–H groups in total. The molecule has 0 saturated heterocycles. The minimum absolute atomic E-state index is 0.0348. The highest BCUT2D eigenvalue weighted by Gasteiger charge is 2.11. The molecular formula is C16H17BrN2O. The van der Waals surface area contributed by atoms with Crippen molar-refractivity contribution in [3.8, 4) is 0 Å². The van der Waals surface area contributed by atoms with Crippen LogP contribution in [0.25, 0.3) is 0 Å². The van der Waals surface area contributed by atoms with Crippen molar-refractivity contribution >= 4 is 21.8 Å². The zero-order valence-corrected chi connectivity index (χ0v) is 13.1. The number of halogens is 1. The van der Waals surface area contributed by atoms with Crippen molar-refractivity contribution in [2.75, 3.05) is 0 Å². The Kier molecular flexibility index (Phi) is 4.90. The summed E-state index contributed by atoms with van der Waals surface area (Å²) in [5.41, 5.74) is 2.94. The molecule has 1 amide bonds. The number of hydrogen-bond acceptors (Lipinski definition) is 2. The van der Waals surface area contributed by atoms with Crippen molar-refractivity contribution in [1.29, 1.82) is 0 Å². The number of benzene rings is 1. The molecule has 0 bridgehead atoms. The van der Waals surface area contributed by atoms with Gasteiger partial charge in [-0.05, 0) is 46.5 Å². The van der Waals surface area contributed by atoms with Gasteiger partial charge < -0.3 is 5.32 Å². The van der Waals surface area contributed by atoms with Crippen LogP contribution in [-0.2, 0) is 6.42 Å². The van der Waals surface area contributed by atoms with E-state index in [0.717, 1.165) is 16.5 Å². The van der Waals surface area contributed by atoms with Gasteiger partial charge in [-0.15, -0.1) is 0 Å². The highest BCUT2D eigenvalue weighted by atomic mass is 79.9. The van der Waals surface area contributed by atoms with Crippen molar-refractivity contribution in [2.24, 2.45) is 0 Å². The molecular weight excluding hydrogens is 316 g/mol. The highest BCUT2D eigenvalue weighted by molar-refractivity contribution is 9.10. The predicted molar refractivity (Wildman–Crippen MR) is 83.6 cm³/mol. The maximum absolute atomic E-state index is 12.1. The van der Waals surface area contributed by atoms with Gasteiger partial charge in [-0.25, -0.2) is 0 Å². The molecule has 20 heavy (non-hydrogen) atoms. The number of hydrogen-bond donors (Lipinski definition) is 1. The summed E-state index contributed by atoms with van der Waals surface area (Å²) < 4.78 is 0.796. The molecule has 4 heteroatoms. The van der Waals surface area contributed by atoms with E-state index in [1.54, 1.807) is 18.5 Å². The molecule has 1 aromatic heterocycles. The fourth-order valence-electron chi connectivity index (χ4n) is 1.94. The first-order valence-corrected chi connectivity index (χ1v) is 7.39. The van der Waals surface area contributed by atoms with Crippen LogP contribution < -0.4 is 5.32 Å². The Bertz CT molecular complexity index is 596. The molecule has 1 unspecified atom stereocenters. The van der Waals surface area contributed by atoms with Crippen molar-refractivity contribution in [3.63, 3.8) is 0 Å². The zero-order valence-electron chi connectivity index (χ0n) is 11.6. The van der Waals surface area contributed by atoms with E-state index >= 15 is 0 Å². The smallest absolute Gasteiger partial charge is 0.253 e. The summed E-state index contributed by atoms with van der Waals surface area (Å²) in [7, 11) is 0. The van der Waals surface area contributed by atoms with Gasteiger partial charge in [-0.1, -0.05) is 31.2 Å². The zero-order chi connectivity index (χ0) is 14.5. The summed E-state index contributed by atoms with van der Waals surface area (Å²) in [5, 5.41) is 2.98. The lowest BCUT2D eigenvalue weighted by Gasteiger charge is -2.14. The molecule has 0 aliphatic carbocycles. The van der Waals surface area contributed by atoms with Crippen LogP contribution in [0.15, 0.2) is 47.2 Å². The number of nitrogens with one attached hydrogen (secondary N) is 1. The van der Waals surface area contributed by atoms with E-state index in [4.69, 9.17) is 0 Å². The van der Waals surface area contributed by atoms with Crippen LogP contribution in [0.1, 0.15) is 41.4 Å². The number of aryl methyl sites for hydroxylation is 1. The Hall–Kier alpha value is -1.68. The van der Waals surface area contributed by atoms with E-state index in [1.165, 1.54) is 5.56 Å². The van der Waals surface area contributed by atoms with Gasteiger partial charge in [0.1, 0.15) is 0 Å². The molecule has 0 radical (unpaired) electrons. The fourth-order valence-corrected chi connectivity index (χ4v) is 2.31. The summed E-state index contributed by atoms with van der Waals surface area (Å²) in [5.74, 6) is -0.120. The highest BCUT2D eigenvalue weighted by Crippen LogP contribution is 2.15. The van der Waals surface area contributed by atoms with Gasteiger partial charge in [-0.3, -0.25) is 9.78 Å². The Morgan fingerprint density at radius 3 is 2.60 bits per heavy atom. The molecule has 2 rings (SSSR count). The third-order valence-electron chi connectivity index (χ3n) is 3.20. The van der Waals surface area contributed by atoms with Crippen molar-refractivity contribution in [3.05, 3.63) is 63.9 Å². The second-order valence-corrected chi connectivity index (χ2v) is 5.60. The number of amides is 1. The van der Waals surface area contributed by atoms with Gasteiger partial charge in [0.2, 0.25) is 0 Å². The van der Waals surface area contributed by atoms with Crippen LogP contribution in [0.3, 0.4) is 0 Å². The summed E-state index contributed by atoms with van der Waals surface area (Å²) in [6.45, 7) is 4.10. The molecule has 0 aliphatic heterocycles. The first kappa shape index (κ1) is 14.7. The normalized spacial score (nSPS) is 11.9. The molecule has 0 spiro atoms. The van der Waals surface area contributed by atoms with E-state index in [-0.39, 0.29) is 11.9 Å². The predicted octanol–water partition coefficient (Wildman–Crippen LogP) is 3.90. The molecule has 3 nitrogen and oxygen atoms in total. The molecule has 2 aromatic rings. The number of pyridine rings is 1. The Morgan fingerprint density at radius 1 is 1.30 bits per heavy atom. The monoisotopic (exact) mass is 332 g/mol. The molecule has 0 fully saturated rings. The lowest BCUT2D eigenvalue weighted by Crippen LogP contribution is -2.26. The van der Waals surface area contributed by atoms with Gasteiger partial charge in [0.25, 0.3) is 5.91 Å². The van der Waals surface area contributed by atoms with E-state index < -0.39 is 0 Å². The second kappa shape index (κ2) is 6.66. The minimum Gasteiger partial charge on any atom is -0.345 e. The molecule has 1 atom stereocenters. The quantitative estimate of drug-likeness (QED) is 0.922. The van der Waals surface area contributed by atoms with E-state index in [1.807, 2.05) is 6.92 Å². The van der Waals surface area contributed by atoms with Gasteiger partial charge in [0.15, 0.2) is 0 Å². The van der Waals surface area contributed by atoms with Crippen molar-refractivity contribution in [1.82, 2.24) is 10.3 Å². The fraction of sp³-hybridized carbons (Fsp3) is 0.250. The van der Waals surface area contributed by atoms with Crippen LogP contribution in [0.5, 0.6) is 0 Å². The SMILES string of the molecule is CCc1ccc(C(C)NC(=O)c2cncc(Br)c2)cc1. The number of carbonyl (C=O) groups is 1. The van der Waals surface area contributed by atoms with Crippen LogP contribution in [0.4, 0.5) is 0 Å². The van der Waals surface area contributed by atoms with Gasteiger partial charge in [0.05, 0.1) is 11.6 Å². The van der Waals surface area contributed by atoms with Crippen molar-refractivity contribution < 1.29 is 4.79 Å². The molecule has 104 valence electrons. The summed E-state index contributed by atoms with van der Waals surface area (Å²) >= 11 is 3.31. The lowest BCUT2D eigenvalue weighted by molar-refractivity contribution is 0.0939. The average molecular weight is 333 g/mol. The maximum atomic E-state index is 12.1. The van der Waals surface area contributed by atoms with Gasteiger partial charge in [-0.2, -0.15) is 0 Å². The molecule has 0 saturated carbocycles. The molecule has 1 heterocycles. The first-order chi connectivity index (χ1) is 9.60. The minimum atomic E-state index is -0.120. The largest absolute Gasteiger partial charge is 0.345 e. The number of carbonyl (C=O) groups excluding carboxylic acids is 1. The molecule has 1 aromatic carbocycles. The van der Waals surface area contributed by atoms with Crippen molar-refractivity contribution in [2.45, 2.75) is 26.3 Å². The average Bonchev–Trinajstić information content (AvgIpc) is 2.47. The summed E-state index contributed by atoms with van der Waals surface area (Å²) in [6.07, 6.45) is 4.24. The second-order valence-electron chi connectivity index (χ2n) is 4.68. The first-order valence-electron chi connectivity index (χ1n) is 6.60. The summed E-state index contributed by atoms with van der Waals surface area (Å²) in [4.78, 5) is 16.1. The standard InChI is InChI=1S/C16H17BrN2O/c1-3-12-4-6-13(7-5-12)11(2)19-16(20)14-8-15(17)10-18-9-14/h4-11H,3H2,1-2H3,(H,19,20). The van der Waals surface area contributed by atoms with E-state index in [2.05, 4.69) is 57.4 Å². The Morgan fingerprint density at radius 2 is 2.00 bits per heavy atom. The molecule has 0 aliphatic rings. The van der Waals surface area contributed by atoms with E-state index in [0.29, 0.717) is 5.56 Å². The van der Waals surface area contributed by atoms with E-state index in [9.17, 15) is 4.79 Å². The summed E-state index contributed by atoms with van der Waals surface area (Å²) in [6, 6.07) is 10.0. The number of nitrogens with zero attached hydrogens (tertiary/aromatic N) is 1. The van der Waals surface area contributed by atoms with Gasteiger partial charge >= 0.3 is 0 Å². The maximum Gasteiger partial charge on any atom is 0.253 e. The number of rotatable bonds is 4.